The van der Waals surface area contributed by atoms with Gasteiger partial charge >= 0.3 is 0 Å². The number of rotatable bonds is 6. The molecule has 0 aromatic heterocycles. The van der Waals surface area contributed by atoms with E-state index in [1.54, 1.807) is 0 Å². The topological polar surface area (TPSA) is 38.0 Å². The standard InChI is InChI=1S/C18H24N2/c1-13(14-9-10-14)12-20-18(11-19)17-8-4-6-15-5-2-3-7-16(15)17/h2-8,13-14,18,20H,9-12,19H2,1H3. The van der Waals surface area contributed by atoms with Crippen molar-refractivity contribution < 1.29 is 0 Å². The molecular formula is C18H24N2. The maximum absolute atomic E-state index is 6.01. The quantitative estimate of drug-likeness (QED) is 0.842. The third-order valence-electron chi connectivity index (χ3n) is 4.55. The van der Waals surface area contributed by atoms with Crippen molar-refractivity contribution in [2.24, 2.45) is 17.6 Å². The van der Waals surface area contributed by atoms with Gasteiger partial charge in [0.05, 0.1) is 0 Å². The van der Waals surface area contributed by atoms with Crippen LogP contribution in [0.2, 0.25) is 0 Å². The van der Waals surface area contributed by atoms with Crippen LogP contribution < -0.4 is 11.1 Å². The van der Waals surface area contributed by atoms with Gasteiger partial charge in [-0.2, -0.15) is 0 Å². The molecular weight excluding hydrogens is 244 g/mol. The van der Waals surface area contributed by atoms with Crippen molar-refractivity contribution in [1.29, 1.82) is 0 Å². The van der Waals surface area contributed by atoms with Crippen LogP contribution in [0.3, 0.4) is 0 Å². The molecule has 106 valence electrons. The summed E-state index contributed by atoms with van der Waals surface area (Å²) >= 11 is 0. The lowest BCUT2D eigenvalue weighted by atomic mass is 9.98. The first kappa shape index (κ1) is 13.6. The molecule has 0 radical (unpaired) electrons. The van der Waals surface area contributed by atoms with Crippen LogP contribution in [-0.4, -0.2) is 13.1 Å². The normalized spacial score (nSPS) is 18.1. The molecule has 2 atom stereocenters. The van der Waals surface area contributed by atoms with E-state index in [2.05, 4.69) is 54.7 Å². The van der Waals surface area contributed by atoms with E-state index in [0.29, 0.717) is 6.54 Å². The van der Waals surface area contributed by atoms with E-state index < -0.39 is 0 Å². The second-order valence-corrected chi connectivity index (χ2v) is 6.08. The zero-order valence-corrected chi connectivity index (χ0v) is 12.2. The van der Waals surface area contributed by atoms with Crippen LogP contribution in [0.15, 0.2) is 42.5 Å². The first-order valence-corrected chi connectivity index (χ1v) is 7.70. The highest BCUT2D eigenvalue weighted by Crippen LogP contribution is 2.36. The van der Waals surface area contributed by atoms with E-state index in [4.69, 9.17) is 5.73 Å². The molecule has 0 bridgehead atoms. The summed E-state index contributed by atoms with van der Waals surface area (Å²) in [6.07, 6.45) is 2.81. The molecule has 1 saturated carbocycles. The van der Waals surface area contributed by atoms with Gasteiger partial charge in [0, 0.05) is 12.6 Å². The molecule has 2 nitrogen and oxygen atoms in total. The van der Waals surface area contributed by atoms with Crippen LogP contribution in [0.5, 0.6) is 0 Å². The van der Waals surface area contributed by atoms with E-state index >= 15 is 0 Å². The number of hydrogen-bond donors (Lipinski definition) is 2. The Kier molecular flexibility index (Phi) is 4.04. The van der Waals surface area contributed by atoms with Crippen molar-refractivity contribution in [3.8, 4) is 0 Å². The van der Waals surface area contributed by atoms with Crippen LogP contribution in [0.25, 0.3) is 10.8 Å². The predicted molar refractivity (Wildman–Crippen MR) is 85.6 cm³/mol. The van der Waals surface area contributed by atoms with Crippen molar-refractivity contribution in [1.82, 2.24) is 5.32 Å². The first-order valence-electron chi connectivity index (χ1n) is 7.70. The Bertz CT molecular complexity index is 569. The minimum Gasteiger partial charge on any atom is -0.329 e. The van der Waals surface area contributed by atoms with Gasteiger partial charge in [0.2, 0.25) is 0 Å². The second kappa shape index (κ2) is 5.94. The third kappa shape index (κ3) is 2.87. The number of fused-ring (bicyclic) bond motifs is 1. The first-order chi connectivity index (χ1) is 9.79. The second-order valence-electron chi connectivity index (χ2n) is 6.08. The summed E-state index contributed by atoms with van der Waals surface area (Å²) in [5.74, 6) is 1.70. The molecule has 0 amide bonds. The number of nitrogens with two attached hydrogens (primary N) is 1. The SMILES string of the molecule is CC(CNC(CN)c1cccc2ccccc12)C1CC1. The van der Waals surface area contributed by atoms with Crippen molar-refractivity contribution in [3.05, 3.63) is 48.0 Å². The van der Waals surface area contributed by atoms with Gasteiger partial charge in [0.15, 0.2) is 0 Å². The van der Waals surface area contributed by atoms with Crippen molar-refractivity contribution in [2.75, 3.05) is 13.1 Å². The lowest BCUT2D eigenvalue weighted by Gasteiger charge is -2.21. The van der Waals surface area contributed by atoms with Crippen LogP contribution in [0.4, 0.5) is 0 Å². The van der Waals surface area contributed by atoms with Crippen molar-refractivity contribution >= 4 is 10.8 Å². The molecule has 0 saturated heterocycles. The van der Waals surface area contributed by atoms with Gasteiger partial charge in [-0.25, -0.2) is 0 Å². The maximum Gasteiger partial charge on any atom is 0.0450 e. The summed E-state index contributed by atoms with van der Waals surface area (Å²) in [6.45, 7) is 4.06. The van der Waals surface area contributed by atoms with Gasteiger partial charge in [0.1, 0.15) is 0 Å². The van der Waals surface area contributed by atoms with Crippen LogP contribution >= 0.6 is 0 Å². The highest BCUT2D eigenvalue weighted by molar-refractivity contribution is 5.86. The molecule has 0 spiro atoms. The lowest BCUT2D eigenvalue weighted by Crippen LogP contribution is -2.32. The molecule has 2 heteroatoms. The molecule has 2 aromatic rings. The van der Waals surface area contributed by atoms with Crippen LogP contribution in [0, 0.1) is 11.8 Å². The minimum absolute atomic E-state index is 0.252. The fourth-order valence-electron chi connectivity index (χ4n) is 3.03. The minimum atomic E-state index is 0.252. The smallest absolute Gasteiger partial charge is 0.0450 e. The van der Waals surface area contributed by atoms with Gasteiger partial charge in [0.25, 0.3) is 0 Å². The van der Waals surface area contributed by atoms with E-state index in [1.807, 2.05) is 0 Å². The Labute approximate surface area is 121 Å². The average Bonchev–Trinajstić information content (AvgIpc) is 3.32. The van der Waals surface area contributed by atoms with E-state index in [-0.39, 0.29) is 6.04 Å². The summed E-state index contributed by atoms with van der Waals surface area (Å²) in [4.78, 5) is 0. The summed E-state index contributed by atoms with van der Waals surface area (Å²) in [5, 5.41) is 6.28. The fraction of sp³-hybridized carbons (Fsp3) is 0.444. The molecule has 1 aliphatic rings. The lowest BCUT2D eigenvalue weighted by molar-refractivity contribution is 0.424. The van der Waals surface area contributed by atoms with Crippen molar-refractivity contribution in [2.45, 2.75) is 25.8 Å². The molecule has 1 fully saturated rings. The Morgan fingerprint density at radius 2 is 1.90 bits per heavy atom. The highest BCUT2D eigenvalue weighted by Gasteiger charge is 2.28. The molecule has 3 N–H and O–H groups in total. The molecule has 2 unspecified atom stereocenters. The van der Waals surface area contributed by atoms with E-state index in [0.717, 1.165) is 18.4 Å². The molecule has 0 heterocycles. The summed E-state index contributed by atoms with van der Waals surface area (Å²) in [6, 6.07) is 15.3. The summed E-state index contributed by atoms with van der Waals surface area (Å²) in [7, 11) is 0. The molecule has 20 heavy (non-hydrogen) atoms. The number of nitrogens with one attached hydrogen (secondary N) is 1. The Hall–Kier alpha value is -1.38. The van der Waals surface area contributed by atoms with Crippen LogP contribution in [-0.2, 0) is 0 Å². The van der Waals surface area contributed by atoms with Gasteiger partial charge in [-0.1, -0.05) is 49.4 Å². The fourth-order valence-corrected chi connectivity index (χ4v) is 3.03. The van der Waals surface area contributed by atoms with Gasteiger partial charge in [-0.15, -0.1) is 0 Å². The van der Waals surface area contributed by atoms with Crippen LogP contribution in [0.1, 0.15) is 31.4 Å². The number of benzene rings is 2. The predicted octanol–water partition coefficient (Wildman–Crippen LogP) is 3.48. The molecule has 0 aliphatic heterocycles. The highest BCUT2D eigenvalue weighted by atomic mass is 14.9. The van der Waals surface area contributed by atoms with Gasteiger partial charge < -0.3 is 11.1 Å². The van der Waals surface area contributed by atoms with E-state index in [1.165, 1.54) is 29.2 Å². The monoisotopic (exact) mass is 268 g/mol. The zero-order valence-electron chi connectivity index (χ0n) is 12.2. The van der Waals surface area contributed by atoms with E-state index in [9.17, 15) is 0 Å². The average molecular weight is 268 g/mol. The molecule has 3 rings (SSSR count). The molecule has 2 aromatic carbocycles. The Morgan fingerprint density at radius 3 is 2.65 bits per heavy atom. The Morgan fingerprint density at radius 1 is 1.15 bits per heavy atom. The largest absolute Gasteiger partial charge is 0.329 e. The third-order valence-corrected chi connectivity index (χ3v) is 4.55. The van der Waals surface area contributed by atoms with Gasteiger partial charge in [-0.05, 0) is 47.6 Å². The van der Waals surface area contributed by atoms with Crippen molar-refractivity contribution in [3.63, 3.8) is 0 Å². The Balaban J connectivity index is 1.79. The molecule has 1 aliphatic carbocycles. The summed E-state index contributed by atoms with van der Waals surface area (Å²) < 4.78 is 0. The maximum atomic E-state index is 6.01. The van der Waals surface area contributed by atoms with Gasteiger partial charge in [-0.3, -0.25) is 0 Å². The summed E-state index contributed by atoms with van der Waals surface area (Å²) in [5.41, 5.74) is 7.34. The number of hydrogen-bond acceptors (Lipinski definition) is 2. The zero-order chi connectivity index (χ0) is 13.9.